The first-order chi connectivity index (χ1) is 17.4. The van der Waals surface area contributed by atoms with Gasteiger partial charge in [0.15, 0.2) is 17.5 Å². The van der Waals surface area contributed by atoms with E-state index in [1.807, 2.05) is 23.1 Å². The average Bonchev–Trinajstić information content (AvgIpc) is 3.48. The van der Waals surface area contributed by atoms with Crippen molar-refractivity contribution in [3.05, 3.63) is 58.5 Å². The van der Waals surface area contributed by atoms with Crippen molar-refractivity contribution in [3.8, 4) is 11.8 Å². The average molecular weight is 509 g/mol. The maximum atomic E-state index is 14.1. The number of aromatic nitrogens is 4. The molecule has 1 saturated carbocycles. The van der Waals surface area contributed by atoms with Crippen molar-refractivity contribution in [2.75, 3.05) is 42.5 Å². The van der Waals surface area contributed by atoms with E-state index in [-0.39, 0.29) is 16.6 Å². The normalized spacial score (nSPS) is 21.2. The number of hydrogen-bond donors (Lipinski definition) is 0. The van der Waals surface area contributed by atoms with E-state index in [2.05, 4.69) is 35.6 Å². The maximum absolute atomic E-state index is 14.1. The molecule has 2 aromatic heterocycles. The largest absolute Gasteiger partial charge is 0.353 e. The molecule has 0 amide bonds. The molecule has 3 aromatic rings. The van der Waals surface area contributed by atoms with Crippen molar-refractivity contribution >= 4 is 23.4 Å². The predicted octanol–water partition coefficient (Wildman–Crippen LogP) is 3.54. The van der Waals surface area contributed by atoms with E-state index < -0.39 is 11.6 Å². The Morgan fingerprint density at radius 3 is 2.53 bits per heavy atom. The fourth-order valence-electron chi connectivity index (χ4n) is 5.91. The van der Waals surface area contributed by atoms with Crippen molar-refractivity contribution in [2.24, 2.45) is 10.8 Å². The SMILES string of the molecule is N#CC1(CN2Cc3cc(Cl)ccc3-n3c(nnc3N3CC4(CN(c5ncc(F)cc5F)C4)C3)C2)CC1. The minimum absolute atomic E-state index is 0.0274. The van der Waals surface area contributed by atoms with Crippen molar-refractivity contribution in [2.45, 2.75) is 25.9 Å². The van der Waals surface area contributed by atoms with Crippen LogP contribution in [0.2, 0.25) is 5.02 Å². The Bertz CT molecular complexity index is 1410. The van der Waals surface area contributed by atoms with Crippen molar-refractivity contribution in [1.29, 1.82) is 5.26 Å². The first kappa shape index (κ1) is 21.9. The highest BCUT2D eigenvalue weighted by Gasteiger charge is 2.54. The summed E-state index contributed by atoms with van der Waals surface area (Å²) in [4.78, 5) is 10.3. The third-order valence-electron chi connectivity index (χ3n) is 7.85. The standard InChI is InChI=1S/C25H23ClF2N8/c26-17-1-2-20-16(5-17)8-33(11-24(10-29)3-4-24)9-21-31-32-23(36(20)21)35-14-25(15-35)12-34(13-25)22-19(28)6-18(27)7-30-22/h1-2,5-7H,3-4,8-9,11-15H2. The third kappa shape index (κ3) is 3.44. The second-order valence-electron chi connectivity index (χ2n) is 10.7. The number of fused-ring (bicyclic) bond motifs is 3. The van der Waals surface area contributed by atoms with Gasteiger partial charge in [-0.2, -0.15) is 5.26 Å². The van der Waals surface area contributed by atoms with Crippen LogP contribution in [0.25, 0.3) is 5.69 Å². The highest BCUT2D eigenvalue weighted by molar-refractivity contribution is 6.30. The zero-order valence-electron chi connectivity index (χ0n) is 19.5. The molecule has 0 N–H and O–H groups in total. The van der Waals surface area contributed by atoms with Crippen LogP contribution in [0.5, 0.6) is 0 Å². The molecule has 5 heterocycles. The van der Waals surface area contributed by atoms with E-state index in [9.17, 15) is 14.0 Å². The highest BCUT2D eigenvalue weighted by Crippen LogP contribution is 2.47. The fourth-order valence-corrected chi connectivity index (χ4v) is 6.11. The number of hydrogen-bond acceptors (Lipinski definition) is 7. The summed E-state index contributed by atoms with van der Waals surface area (Å²) in [6.07, 6.45) is 2.92. The Morgan fingerprint density at radius 2 is 1.81 bits per heavy atom. The molecule has 184 valence electrons. The van der Waals surface area contributed by atoms with Gasteiger partial charge < -0.3 is 9.80 Å². The summed E-state index contributed by atoms with van der Waals surface area (Å²) < 4.78 is 29.5. The monoisotopic (exact) mass is 508 g/mol. The number of nitriles is 1. The molecule has 4 aliphatic rings. The molecule has 0 radical (unpaired) electrons. The molecule has 1 aromatic carbocycles. The number of halogens is 3. The molecule has 8 nitrogen and oxygen atoms in total. The molecule has 0 unspecified atom stereocenters. The minimum atomic E-state index is -0.672. The van der Waals surface area contributed by atoms with Crippen molar-refractivity contribution in [3.63, 3.8) is 0 Å². The van der Waals surface area contributed by atoms with Gasteiger partial charge in [0, 0.05) is 55.8 Å². The van der Waals surface area contributed by atoms with Gasteiger partial charge in [0.05, 0.1) is 29.9 Å². The van der Waals surface area contributed by atoms with E-state index in [0.717, 1.165) is 61.2 Å². The van der Waals surface area contributed by atoms with Crippen LogP contribution in [-0.2, 0) is 13.1 Å². The molecular formula is C25H23ClF2N8. The van der Waals surface area contributed by atoms with Crippen LogP contribution in [0.15, 0.2) is 30.5 Å². The predicted molar refractivity (Wildman–Crippen MR) is 129 cm³/mol. The fraction of sp³-hybridized carbons (Fsp3) is 0.440. The zero-order chi connectivity index (χ0) is 24.7. The summed E-state index contributed by atoms with van der Waals surface area (Å²) in [5, 5.41) is 19.4. The first-order valence-electron chi connectivity index (χ1n) is 12.0. The van der Waals surface area contributed by atoms with Gasteiger partial charge in [-0.25, -0.2) is 13.8 Å². The molecule has 1 spiro atoms. The third-order valence-corrected chi connectivity index (χ3v) is 8.08. The Labute approximate surface area is 211 Å². The number of anilines is 2. The summed E-state index contributed by atoms with van der Waals surface area (Å²) in [7, 11) is 0. The van der Waals surface area contributed by atoms with Crippen LogP contribution >= 0.6 is 11.6 Å². The smallest absolute Gasteiger partial charge is 0.231 e. The number of nitrogens with zero attached hydrogens (tertiary/aromatic N) is 8. The van der Waals surface area contributed by atoms with Crippen molar-refractivity contribution in [1.82, 2.24) is 24.6 Å². The molecule has 2 saturated heterocycles. The van der Waals surface area contributed by atoms with Gasteiger partial charge in [-0.15, -0.1) is 10.2 Å². The zero-order valence-corrected chi connectivity index (χ0v) is 20.2. The van der Waals surface area contributed by atoms with Crippen LogP contribution in [0.4, 0.5) is 20.5 Å². The molecule has 0 atom stereocenters. The van der Waals surface area contributed by atoms with E-state index in [0.29, 0.717) is 37.7 Å². The lowest BCUT2D eigenvalue weighted by Crippen LogP contribution is -2.73. The summed E-state index contributed by atoms with van der Waals surface area (Å²) >= 11 is 6.36. The Morgan fingerprint density at radius 1 is 1.03 bits per heavy atom. The molecule has 11 heteroatoms. The quantitative estimate of drug-likeness (QED) is 0.533. The van der Waals surface area contributed by atoms with Gasteiger partial charge in [-0.3, -0.25) is 9.47 Å². The topological polar surface area (TPSA) is 77.1 Å². The van der Waals surface area contributed by atoms with Gasteiger partial charge in [-0.1, -0.05) is 11.6 Å². The minimum Gasteiger partial charge on any atom is -0.353 e. The first-order valence-corrected chi connectivity index (χ1v) is 12.4. The lowest BCUT2D eigenvalue weighted by Gasteiger charge is -2.60. The van der Waals surface area contributed by atoms with Crippen LogP contribution in [0.3, 0.4) is 0 Å². The lowest BCUT2D eigenvalue weighted by atomic mass is 9.73. The Hall–Kier alpha value is -3.29. The lowest BCUT2D eigenvalue weighted by molar-refractivity contribution is 0.152. The van der Waals surface area contributed by atoms with Crippen molar-refractivity contribution < 1.29 is 8.78 Å². The molecule has 7 rings (SSSR count). The molecule has 3 aliphatic heterocycles. The van der Waals surface area contributed by atoms with E-state index in [1.165, 1.54) is 0 Å². The molecule has 3 fully saturated rings. The second-order valence-corrected chi connectivity index (χ2v) is 11.2. The molecule has 0 bridgehead atoms. The molecule has 1 aliphatic carbocycles. The van der Waals surface area contributed by atoms with E-state index >= 15 is 0 Å². The van der Waals surface area contributed by atoms with Crippen LogP contribution in [-0.4, -0.2) is 57.4 Å². The summed E-state index contributed by atoms with van der Waals surface area (Å²) in [5.41, 5.74) is 1.86. The second kappa shape index (κ2) is 7.60. The van der Waals surface area contributed by atoms with Crippen LogP contribution < -0.4 is 9.80 Å². The summed E-state index contributed by atoms with van der Waals surface area (Å²) in [5.74, 6) is 0.524. The maximum Gasteiger partial charge on any atom is 0.231 e. The Kier molecular flexibility index (Phi) is 4.64. The Balaban J connectivity index is 1.13. The van der Waals surface area contributed by atoms with Crippen LogP contribution in [0.1, 0.15) is 24.2 Å². The summed E-state index contributed by atoms with van der Waals surface area (Å²) in [6, 6.07) is 9.25. The number of benzene rings is 1. The van der Waals surface area contributed by atoms with E-state index in [1.54, 1.807) is 0 Å². The highest BCUT2D eigenvalue weighted by atomic mass is 35.5. The summed E-state index contributed by atoms with van der Waals surface area (Å²) in [6.45, 7) is 4.87. The van der Waals surface area contributed by atoms with Gasteiger partial charge in [0.2, 0.25) is 5.95 Å². The number of rotatable bonds is 4. The van der Waals surface area contributed by atoms with Gasteiger partial charge in [0.25, 0.3) is 0 Å². The molecular weight excluding hydrogens is 486 g/mol. The van der Waals surface area contributed by atoms with Gasteiger partial charge in [-0.05, 0) is 36.6 Å². The van der Waals surface area contributed by atoms with E-state index in [4.69, 9.17) is 11.6 Å². The van der Waals surface area contributed by atoms with Gasteiger partial charge >= 0.3 is 0 Å². The van der Waals surface area contributed by atoms with Crippen LogP contribution in [0, 0.1) is 33.8 Å². The van der Waals surface area contributed by atoms with Gasteiger partial charge in [0.1, 0.15) is 5.82 Å². The number of pyridine rings is 1. The molecule has 36 heavy (non-hydrogen) atoms.